The highest BCUT2D eigenvalue weighted by Gasteiger charge is 2.21. The number of pyridine rings is 1. The third-order valence-electron chi connectivity index (χ3n) is 5.73. The van der Waals surface area contributed by atoms with Gasteiger partial charge < -0.3 is 9.55 Å². The van der Waals surface area contributed by atoms with Crippen molar-refractivity contribution in [2.75, 3.05) is 0 Å². The first-order valence-corrected chi connectivity index (χ1v) is 9.76. The second kappa shape index (κ2) is 7.02. The molecule has 3 aromatic heterocycles. The number of H-pyrrole nitrogens is 1. The fraction of sp³-hybridized carbons (Fsp3) is 0.333. The van der Waals surface area contributed by atoms with Gasteiger partial charge in [-0.2, -0.15) is 0 Å². The third kappa shape index (κ3) is 3.18. The maximum absolute atomic E-state index is 14.3. The van der Waals surface area contributed by atoms with Gasteiger partial charge in [0.25, 0.3) is 0 Å². The van der Waals surface area contributed by atoms with E-state index in [9.17, 15) is 13.6 Å². The molecule has 0 radical (unpaired) electrons. The number of imidazole rings is 1. The van der Waals surface area contributed by atoms with Gasteiger partial charge in [0.1, 0.15) is 5.82 Å². The maximum atomic E-state index is 14.3. The van der Waals surface area contributed by atoms with E-state index in [1.807, 2.05) is 4.57 Å². The highest BCUT2D eigenvalue weighted by atomic mass is 19.2. The lowest BCUT2D eigenvalue weighted by atomic mass is 10.0. The Balaban J connectivity index is 1.65. The van der Waals surface area contributed by atoms with E-state index in [0.29, 0.717) is 28.2 Å². The molecular formula is C21H19F2N5O. The Hall–Kier alpha value is -3.16. The first-order chi connectivity index (χ1) is 14.1. The van der Waals surface area contributed by atoms with Crippen molar-refractivity contribution >= 4 is 22.2 Å². The number of benzene rings is 1. The van der Waals surface area contributed by atoms with Crippen molar-refractivity contribution < 1.29 is 8.78 Å². The van der Waals surface area contributed by atoms with Crippen molar-refractivity contribution in [2.24, 2.45) is 5.92 Å². The molecule has 29 heavy (non-hydrogen) atoms. The van der Waals surface area contributed by atoms with Crippen LogP contribution >= 0.6 is 0 Å². The van der Waals surface area contributed by atoms with E-state index in [1.54, 1.807) is 12.4 Å². The van der Waals surface area contributed by atoms with Gasteiger partial charge in [0.05, 0.1) is 12.1 Å². The van der Waals surface area contributed by atoms with Crippen LogP contribution in [0.15, 0.2) is 35.4 Å². The molecule has 0 saturated heterocycles. The Kier molecular flexibility index (Phi) is 4.34. The molecule has 0 atom stereocenters. The smallest absolute Gasteiger partial charge is 0.248 e. The van der Waals surface area contributed by atoms with Gasteiger partial charge in [-0.05, 0) is 23.6 Å². The molecule has 0 aliphatic heterocycles. The highest BCUT2D eigenvalue weighted by Crippen LogP contribution is 2.29. The quantitative estimate of drug-likeness (QED) is 0.571. The van der Waals surface area contributed by atoms with Crippen LogP contribution < -0.4 is 5.56 Å². The first kappa shape index (κ1) is 17.9. The van der Waals surface area contributed by atoms with Crippen LogP contribution in [0.2, 0.25) is 0 Å². The monoisotopic (exact) mass is 395 g/mol. The maximum Gasteiger partial charge on any atom is 0.248 e. The molecule has 1 saturated carbocycles. The normalized spacial score (nSPS) is 15.0. The Morgan fingerprint density at radius 1 is 1.14 bits per heavy atom. The van der Waals surface area contributed by atoms with E-state index in [2.05, 4.69) is 19.9 Å². The zero-order valence-electron chi connectivity index (χ0n) is 15.7. The van der Waals surface area contributed by atoms with E-state index in [1.165, 1.54) is 37.8 Å². The van der Waals surface area contributed by atoms with Gasteiger partial charge in [0, 0.05) is 30.3 Å². The minimum atomic E-state index is -1.05. The minimum Gasteiger partial charge on any atom is -0.319 e. The van der Waals surface area contributed by atoms with Crippen LogP contribution in [-0.4, -0.2) is 24.5 Å². The first-order valence-electron chi connectivity index (χ1n) is 9.76. The number of aromatic nitrogens is 5. The number of hydrogen-bond acceptors (Lipinski definition) is 4. The van der Waals surface area contributed by atoms with E-state index in [-0.39, 0.29) is 12.1 Å². The molecular weight excluding hydrogens is 376 g/mol. The average Bonchev–Trinajstić information content (AvgIpc) is 3.34. The van der Waals surface area contributed by atoms with Crippen LogP contribution in [0, 0.1) is 17.6 Å². The van der Waals surface area contributed by atoms with Gasteiger partial charge in [-0.25, -0.2) is 23.7 Å². The summed E-state index contributed by atoms with van der Waals surface area (Å²) in [5.74, 6) is -0.629. The molecule has 0 amide bonds. The molecule has 0 unspecified atom stereocenters. The Morgan fingerprint density at radius 2 is 1.93 bits per heavy atom. The number of aromatic amines is 1. The molecule has 1 aliphatic carbocycles. The largest absolute Gasteiger partial charge is 0.319 e. The van der Waals surface area contributed by atoms with Crippen LogP contribution in [0.25, 0.3) is 22.2 Å². The predicted octanol–water partition coefficient (Wildman–Crippen LogP) is 3.73. The third-order valence-corrected chi connectivity index (χ3v) is 5.73. The van der Waals surface area contributed by atoms with Crippen LogP contribution in [0.1, 0.15) is 37.1 Å². The summed E-state index contributed by atoms with van der Waals surface area (Å²) in [6.45, 7) is 0.280. The lowest BCUT2D eigenvalue weighted by molar-refractivity contribution is 0.514. The van der Waals surface area contributed by atoms with Crippen LogP contribution in [0.4, 0.5) is 8.78 Å². The van der Waals surface area contributed by atoms with Crippen molar-refractivity contribution in [1.82, 2.24) is 24.5 Å². The molecule has 1 N–H and O–H groups in total. The summed E-state index contributed by atoms with van der Waals surface area (Å²) in [5, 5.41) is 0.459. The number of halogens is 2. The van der Waals surface area contributed by atoms with Crippen molar-refractivity contribution in [3.8, 4) is 0 Å². The topological polar surface area (TPSA) is 76.5 Å². The van der Waals surface area contributed by atoms with Crippen LogP contribution in [-0.2, 0) is 13.0 Å². The summed E-state index contributed by atoms with van der Waals surface area (Å²) in [7, 11) is 0. The summed E-state index contributed by atoms with van der Waals surface area (Å²) >= 11 is 0. The van der Waals surface area contributed by atoms with E-state index in [4.69, 9.17) is 0 Å². The number of fused-ring (bicyclic) bond motifs is 2. The summed E-state index contributed by atoms with van der Waals surface area (Å²) in [4.78, 5) is 27.9. The van der Waals surface area contributed by atoms with E-state index in [0.717, 1.165) is 18.3 Å². The van der Waals surface area contributed by atoms with E-state index >= 15 is 0 Å². The SMILES string of the molecule is O=c1cc(Cn2c(CC3CCCC3)nc3nccnc32)c2ccc(F)c(F)c2[nH]1. The van der Waals surface area contributed by atoms with Crippen molar-refractivity contribution in [2.45, 2.75) is 38.6 Å². The molecule has 0 spiro atoms. The predicted molar refractivity (Wildman–Crippen MR) is 105 cm³/mol. The lowest BCUT2D eigenvalue weighted by Crippen LogP contribution is -2.14. The van der Waals surface area contributed by atoms with Gasteiger partial charge in [-0.15, -0.1) is 0 Å². The molecule has 4 aromatic rings. The Bertz CT molecular complexity index is 1270. The number of nitrogens with zero attached hydrogens (tertiary/aromatic N) is 4. The summed E-state index contributed by atoms with van der Waals surface area (Å²) < 4.78 is 29.9. The molecule has 8 heteroatoms. The average molecular weight is 395 g/mol. The molecule has 5 rings (SSSR count). The summed E-state index contributed by atoms with van der Waals surface area (Å²) in [6, 6.07) is 3.98. The van der Waals surface area contributed by atoms with Crippen molar-refractivity contribution in [1.29, 1.82) is 0 Å². The second-order valence-corrected chi connectivity index (χ2v) is 7.62. The molecule has 1 fully saturated rings. The standard InChI is InChI=1S/C21H19F2N5O/c22-15-6-5-14-13(10-17(29)27-19(14)18(15)23)11-28-16(9-12-3-1-2-4-12)26-20-21(28)25-8-7-24-20/h5-8,10,12H,1-4,9,11H2,(H,27,29). The summed E-state index contributed by atoms with van der Waals surface area (Å²) in [6.07, 6.45) is 8.80. The molecule has 1 aliphatic rings. The zero-order valence-corrected chi connectivity index (χ0v) is 15.7. The van der Waals surface area contributed by atoms with Gasteiger partial charge in [-0.1, -0.05) is 25.7 Å². The fourth-order valence-corrected chi connectivity index (χ4v) is 4.33. The Labute approximate surface area is 164 Å². The molecule has 6 nitrogen and oxygen atoms in total. The molecule has 3 heterocycles. The van der Waals surface area contributed by atoms with Gasteiger partial charge in [-0.3, -0.25) is 4.79 Å². The highest BCUT2D eigenvalue weighted by molar-refractivity contribution is 5.82. The lowest BCUT2D eigenvalue weighted by Gasteiger charge is -2.13. The van der Waals surface area contributed by atoms with Gasteiger partial charge in [0.15, 0.2) is 22.9 Å². The second-order valence-electron chi connectivity index (χ2n) is 7.62. The van der Waals surface area contributed by atoms with Crippen LogP contribution in [0.5, 0.6) is 0 Å². The van der Waals surface area contributed by atoms with Crippen molar-refractivity contribution in [3.05, 3.63) is 64.0 Å². The Morgan fingerprint density at radius 3 is 2.76 bits per heavy atom. The summed E-state index contributed by atoms with van der Waals surface area (Å²) in [5.41, 5.74) is 1.15. The number of nitrogens with one attached hydrogen (secondary N) is 1. The zero-order chi connectivity index (χ0) is 20.0. The molecule has 0 bridgehead atoms. The molecule has 148 valence electrons. The van der Waals surface area contributed by atoms with Crippen molar-refractivity contribution in [3.63, 3.8) is 0 Å². The molecule has 1 aromatic carbocycles. The number of hydrogen-bond donors (Lipinski definition) is 1. The van der Waals surface area contributed by atoms with Crippen LogP contribution in [0.3, 0.4) is 0 Å². The number of rotatable bonds is 4. The minimum absolute atomic E-state index is 0.125. The van der Waals surface area contributed by atoms with E-state index < -0.39 is 17.2 Å². The van der Waals surface area contributed by atoms with Gasteiger partial charge in [0.2, 0.25) is 5.56 Å². The van der Waals surface area contributed by atoms with Gasteiger partial charge >= 0.3 is 0 Å². The fourth-order valence-electron chi connectivity index (χ4n) is 4.33.